The van der Waals surface area contributed by atoms with E-state index in [2.05, 4.69) is 4.72 Å². The monoisotopic (exact) mass is 456 g/mol. The minimum absolute atomic E-state index is 0.0266. The predicted molar refractivity (Wildman–Crippen MR) is 114 cm³/mol. The Morgan fingerprint density at radius 3 is 2.45 bits per heavy atom. The smallest absolute Gasteiger partial charge is 0.263 e. The molecule has 1 fully saturated rings. The van der Waals surface area contributed by atoms with Gasteiger partial charge in [-0.25, -0.2) is 8.42 Å². The second kappa shape index (κ2) is 8.14. The van der Waals surface area contributed by atoms with Crippen LogP contribution in [0.3, 0.4) is 0 Å². The summed E-state index contributed by atoms with van der Waals surface area (Å²) < 4.78 is 34.0. The third-order valence-corrected chi connectivity index (χ3v) is 6.54. The van der Waals surface area contributed by atoms with Crippen molar-refractivity contribution in [3.8, 4) is 0 Å². The Balaban J connectivity index is 1.89. The number of anilines is 1. The number of amides is 1. The zero-order valence-corrected chi connectivity index (χ0v) is 18.6. The third kappa shape index (κ3) is 5.22. The van der Waals surface area contributed by atoms with E-state index in [9.17, 15) is 13.2 Å². The van der Waals surface area contributed by atoms with Crippen LogP contribution < -0.4 is 4.72 Å². The normalized spacial score (nSPS) is 19.1. The molecule has 156 valence electrons. The van der Waals surface area contributed by atoms with Crippen molar-refractivity contribution in [2.24, 2.45) is 0 Å². The predicted octanol–water partition coefficient (Wildman–Crippen LogP) is 4.43. The van der Waals surface area contributed by atoms with Gasteiger partial charge in [0, 0.05) is 29.4 Å². The largest absolute Gasteiger partial charge is 0.369 e. The quantitative estimate of drug-likeness (QED) is 0.737. The lowest BCUT2D eigenvalue weighted by Gasteiger charge is -2.41. The number of nitrogens with zero attached hydrogens (tertiary/aromatic N) is 1. The van der Waals surface area contributed by atoms with Gasteiger partial charge in [-0.3, -0.25) is 9.52 Å². The highest BCUT2D eigenvalue weighted by atomic mass is 35.5. The van der Waals surface area contributed by atoms with E-state index in [0.29, 0.717) is 23.8 Å². The number of nitrogens with one attached hydrogen (secondary N) is 1. The number of carbonyl (C=O) groups is 1. The fraction of sp³-hybridized carbons (Fsp3) is 0.350. The molecule has 0 aromatic heterocycles. The number of morpholine rings is 1. The van der Waals surface area contributed by atoms with Gasteiger partial charge in [-0.1, -0.05) is 23.2 Å². The first-order valence-electron chi connectivity index (χ1n) is 9.02. The molecule has 1 aliphatic rings. The number of hydrogen-bond acceptors (Lipinski definition) is 4. The van der Waals surface area contributed by atoms with Crippen molar-refractivity contribution in [2.75, 3.05) is 17.8 Å². The zero-order chi connectivity index (χ0) is 21.4. The van der Waals surface area contributed by atoms with Gasteiger partial charge in [0.2, 0.25) is 0 Å². The Kier molecular flexibility index (Phi) is 6.15. The van der Waals surface area contributed by atoms with E-state index >= 15 is 0 Å². The minimum atomic E-state index is -4.00. The Morgan fingerprint density at radius 1 is 1.17 bits per heavy atom. The van der Waals surface area contributed by atoms with Crippen LogP contribution in [0, 0.1) is 0 Å². The van der Waals surface area contributed by atoms with Crippen molar-refractivity contribution in [1.29, 1.82) is 0 Å². The maximum Gasteiger partial charge on any atom is 0.263 e. The SMILES string of the molecule is CC1CN(C(=O)c2ccc(Cl)c(S(=O)(=O)Nc3ccc(Cl)cc3)c2)CC(C)(C)O1. The van der Waals surface area contributed by atoms with Crippen LogP contribution in [0.4, 0.5) is 5.69 Å². The summed E-state index contributed by atoms with van der Waals surface area (Å²) in [7, 11) is -4.00. The Hall–Kier alpha value is -1.80. The number of halogens is 2. The fourth-order valence-electron chi connectivity index (χ4n) is 3.36. The highest BCUT2D eigenvalue weighted by molar-refractivity contribution is 7.92. The molecule has 3 rings (SSSR count). The first kappa shape index (κ1) is 21.9. The van der Waals surface area contributed by atoms with Crippen LogP contribution in [0.2, 0.25) is 10.0 Å². The molecule has 1 aliphatic heterocycles. The lowest BCUT2D eigenvalue weighted by molar-refractivity contribution is -0.118. The fourth-order valence-corrected chi connectivity index (χ4v) is 5.07. The summed E-state index contributed by atoms with van der Waals surface area (Å²) in [6.07, 6.45) is -0.121. The first-order chi connectivity index (χ1) is 13.5. The standard InChI is InChI=1S/C20H22Cl2N2O4S/c1-13-11-24(12-20(2,3)28-13)19(25)14-4-9-17(22)18(10-14)29(26,27)23-16-7-5-15(21)6-8-16/h4-10,13,23H,11-12H2,1-3H3. The van der Waals surface area contributed by atoms with E-state index in [1.54, 1.807) is 29.2 Å². The minimum Gasteiger partial charge on any atom is -0.369 e. The van der Waals surface area contributed by atoms with Crippen molar-refractivity contribution < 1.29 is 17.9 Å². The molecule has 1 unspecified atom stereocenters. The number of carbonyl (C=O) groups excluding carboxylic acids is 1. The molecule has 1 heterocycles. The molecule has 1 amide bonds. The van der Waals surface area contributed by atoms with Crippen LogP contribution >= 0.6 is 23.2 Å². The van der Waals surface area contributed by atoms with Gasteiger partial charge in [-0.2, -0.15) is 0 Å². The molecule has 2 aromatic rings. The third-order valence-electron chi connectivity index (χ3n) is 4.42. The summed E-state index contributed by atoms with van der Waals surface area (Å²) >= 11 is 12.0. The zero-order valence-electron chi connectivity index (χ0n) is 16.3. The highest BCUT2D eigenvalue weighted by Gasteiger charge is 2.34. The van der Waals surface area contributed by atoms with Crippen molar-refractivity contribution in [1.82, 2.24) is 4.90 Å². The van der Waals surface area contributed by atoms with Crippen LogP contribution in [0.1, 0.15) is 31.1 Å². The number of ether oxygens (including phenoxy) is 1. The molecule has 0 radical (unpaired) electrons. The molecule has 2 aromatic carbocycles. The molecule has 0 aliphatic carbocycles. The molecule has 1 atom stereocenters. The van der Waals surface area contributed by atoms with Crippen molar-refractivity contribution in [3.05, 3.63) is 58.1 Å². The lowest BCUT2D eigenvalue weighted by atomic mass is 10.0. The van der Waals surface area contributed by atoms with E-state index < -0.39 is 15.6 Å². The van der Waals surface area contributed by atoms with Gasteiger partial charge < -0.3 is 9.64 Å². The number of sulfonamides is 1. The maximum absolute atomic E-state index is 13.0. The molecule has 9 heteroatoms. The first-order valence-corrected chi connectivity index (χ1v) is 11.3. The van der Waals surface area contributed by atoms with Gasteiger partial charge in [-0.15, -0.1) is 0 Å². The van der Waals surface area contributed by atoms with Crippen LogP contribution in [-0.2, 0) is 14.8 Å². The second-order valence-corrected chi connectivity index (χ2v) is 10.1. The maximum atomic E-state index is 13.0. The molecule has 0 bridgehead atoms. The molecule has 1 saturated heterocycles. The van der Waals surface area contributed by atoms with Crippen molar-refractivity contribution in [2.45, 2.75) is 37.4 Å². The lowest BCUT2D eigenvalue weighted by Crippen LogP contribution is -2.53. The summed E-state index contributed by atoms with van der Waals surface area (Å²) in [5.41, 5.74) is 0.104. The van der Waals surface area contributed by atoms with Gasteiger partial charge >= 0.3 is 0 Å². The summed E-state index contributed by atoms with van der Waals surface area (Å²) in [6.45, 7) is 6.56. The summed E-state index contributed by atoms with van der Waals surface area (Å²) in [6, 6.07) is 10.5. The van der Waals surface area contributed by atoms with E-state index in [-0.39, 0.29) is 27.5 Å². The van der Waals surface area contributed by atoms with Gasteiger partial charge in [-0.05, 0) is 63.2 Å². The van der Waals surface area contributed by atoms with Crippen molar-refractivity contribution in [3.63, 3.8) is 0 Å². The topological polar surface area (TPSA) is 75.7 Å². The summed E-state index contributed by atoms with van der Waals surface area (Å²) in [5, 5.41) is 0.514. The van der Waals surface area contributed by atoms with Gasteiger partial charge in [0.1, 0.15) is 4.90 Å². The molecule has 0 saturated carbocycles. The summed E-state index contributed by atoms with van der Waals surface area (Å²) in [4.78, 5) is 14.5. The van der Waals surface area contributed by atoms with Crippen LogP contribution in [0.5, 0.6) is 0 Å². The number of rotatable bonds is 4. The van der Waals surface area contributed by atoms with Crippen LogP contribution in [0.15, 0.2) is 47.4 Å². The Bertz CT molecular complexity index is 1020. The highest BCUT2D eigenvalue weighted by Crippen LogP contribution is 2.28. The van der Waals surface area contributed by atoms with Crippen molar-refractivity contribution >= 4 is 44.8 Å². The molecule has 1 N–H and O–H groups in total. The average Bonchev–Trinajstić information content (AvgIpc) is 2.61. The van der Waals surface area contributed by atoms with E-state index in [1.165, 1.54) is 18.2 Å². The number of hydrogen-bond donors (Lipinski definition) is 1. The number of benzene rings is 2. The van der Waals surface area contributed by atoms with Gasteiger partial charge in [0.25, 0.3) is 15.9 Å². The Morgan fingerprint density at radius 2 is 1.83 bits per heavy atom. The molecular weight excluding hydrogens is 435 g/mol. The van der Waals surface area contributed by atoms with E-state index in [0.717, 1.165) is 0 Å². The summed E-state index contributed by atoms with van der Waals surface area (Å²) in [5.74, 6) is -0.271. The van der Waals surface area contributed by atoms with Gasteiger partial charge in [0.15, 0.2) is 0 Å². The van der Waals surface area contributed by atoms with Crippen LogP contribution in [-0.4, -0.2) is 44.0 Å². The molecule has 0 spiro atoms. The molecule has 6 nitrogen and oxygen atoms in total. The second-order valence-electron chi connectivity index (χ2n) is 7.63. The molecular formula is C20H22Cl2N2O4S. The van der Waals surface area contributed by atoms with E-state index in [1.807, 2.05) is 20.8 Å². The van der Waals surface area contributed by atoms with Gasteiger partial charge in [0.05, 0.1) is 16.7 Å². The average molecular weight is 457 g/mol. The van der Waals surface area contributed by atoms with Crippen LogP contribution in [0.25, 0.3) is 0 Å². The molecule has 29 heavy (non-hydrogen) atoms. The Labute approximate surface area is 180 Å². The van der Waals surface area contributed by atoms with E-state index in [4.69, 9.17) is 27.9 Å².